The van der Waals surface area contributed by atoms with Crippen molar-refractivity contribution in [1.29, 1.82) is 0 Å². The van der Waals surface area contributed by atoms with Crippen LogP contribution in [0.1, 0.15) is 54.8 Å². The molecule has 0 aromatic heterocycles. The van der Waals surface area contributed by atoms with Gasteiger partial charge in [0.05, 0.1) is 18.8 Å². The third-order valence-electron chi connectivity index (χ3n) is 6.03. The Bertz CT molecular complexity index is 1170. The van der Waals surface area contributed by atoms with Gasteiger partial charge in [-0.1, -0.05) is 54.6 Å². The molecule has 0 aliphatic carbocycles. The van der Waals surface area contributed by atoms with E-state index in [2.05, 4.69) is 17.4 Å². The fourth-order valence-electron chi connectivity index (χ4n) is 4.12. The van der Waals surface area contributed by atoms with Crippen LogP contribution in [0.4, 0.5) is 5.69 Å². The number of carboxylic acid groups (broad SMARTS) is 1. The number of carbonyl (C=O) groups excluding carboxylic acids is 1. The van der Waals surface area contributed by atoms with Crippen LogP contribution < -0.4 is 5.32 Å². The monoisotopic (exact) mass is 521 g/mol. The zero-order valence-electron chi connectivity index (χ0n) is 20.4. The molecule has 1 aliphatic heterocycles. The second-order valence-corrected chi connectivity index (χ2v) is 9.99. The molecule has 3 atom stereocenters. The van der Waals surface area contributed by atoms with E-state index in [9.17, 15) is 14.7 Å². The normalized spacial score (nSPS) is 19.3. The molecule has 0 saturated carbocycles. The van der Waals surface area contributed by atoms with Crippen molar-refractivity contribution < 1.29 is 29.3 Å². The van der Waals surface area contributed by atoms with Gasteiger partial charge < -0.3 is 25.0 Å². The van der Waals surface area contributed by atoms with Crippen LogP contribution in [0.2, 0.25) is 0 Å². The van der Waals surface area contributed by atoms with Gasteiger partial charge in [0.15, 0.2) is 6.29 Å². The predicted octanol–water partition coefficient (Wildman–Crippen LogP) is 5.71. The molecule has 37 heavy (non-hydrogen) atoms. The predicted molar refractivity (Wildman–Crippen MR) is 142 cm³/mol. The second kappa shape index (κ2) is 13.4. The maximum absolute atomic E-state index is 12.3. The molecule has 194 valence electrons. The second-order valence-electron chi connectivity index (χ2n) is 8.90. The molecule has 7 nitrogen and oxygen atoms in total. The Morgan fingerprint density at radius 3 is 2.43 bits per heavy atom. The first-order chi connectivity index (χ1) is 18.0. The molecule has 4 rings (SSSR count). The molecule has 1 amide bonds. The third-order valence-corrected chi connectivity index (χ3v) is 7.18. The Hall–Kier alpha value is -3.17. The van der Waals surface area contributed by atoms with Gasteiger partial charge in [-0.15, -0.1) is 11.8 Å². The van der Waals surface area contributed by atoms with Gasteiger partial charge in [0, 0.05) is 41.2 Å². The Balaban J connectivity index is 1.48. The summed E-state index contributed by atoms with van der Waals surface area (Å²) in [4.78, 5) is 24.1. The van der Waals surface area contributed by atoms with Crippen LogP contribution in [0.25, 0.3) is 0 Å². The molecule has 1 saturated heterocycles. The first-order valence-electron chi connectivity index (χ1n) is 12.3. The fourth-order valence-corrected chi connectivity index (χ4v) is 5.06. The zero-order valence-corrected chi connectivity index (χ0v) is 21.2. The molecule has 0 bridgehead atoms. The third kappa shape index (κ3) is 8.16. The number of aliphatic carboxylic acids is 1. The number of hydrogen-bond donors (Lipinski definition) is 3. The highest BCUT2D eigenvalue weighted by molar-refractivity contribution is 7.99. The van der Waals surface area contributed by atoms with Crippen LogP contribution in [0, 0.1) is 0 Å². The summed E-state index contributed by atoms with van der Waals surface area (Å²) in [6.07, 6.45) is 0.185. The van der Waals surface area contributed by atoms with Crippen molar-refractivity contribution in [2.45, 2.75) is 55.7 Å². The molecule has 0 spiro atoms. The minimum atomic E-state index is -0.915. The Morgan fingerprint density at radius 1 is 0.919 bits per heavy atom. The number of carboxylic acids is 1. The van der Waals surface area contributed by atoms with Gasteiger partial charge in [0.25, 0.3) is 0 Å². The molecule has 1 aliphatic rings. The summed E-state index contributed by atoms with van der Waals surface area (Å²) in [7, 11) is 0. The lowest BCUT2D eigenvalue weighted by atomic mass is 10.0. The lowest BCUT2D eigenvalue weighted by molar-refractivity contribution is -0.245. The van der Waals surface area contributed by atoms with E-state index in [4.69, 9.17) is 14.6 Å². The summed E-state index contributed by atoms with van der Waals surface area (Å²) in [5.41, 5.74) is 3.25. The van der Waals surface area contributed by atoms with Crippen LogP contribution in [-0.4, -0.2) is 33.9 Å². The number of amides is 1. The number of hydrogen-bond acceptors (Lipinski definition) is 6. The van der Waals surface area contributed by atoms with Gasteiger partial charge in [-0.3, -0.25) is 9.59 Å². The van der Waals surface area contributed by atoms with E-state index in [1.807, 2.05) is 60.7 Å². The molecule has 0 unspecified atom stereocenters. The van der Waals surface area contributed by atoms with Crippen molar-refractivity contribution in [3.05, 3.63) is 95.6 Å². The van der Waals surface area contributed by atoms with Crippen LogP contribution in [0.15, 0.2) is 83.8 Å². The smallest absolute Gasteiger partial charge is 0.303 e. The lowest BCUT2D eigenvalue weighted by Gasteiger charge is -2.36. The average molecular weight is 522 g/mol. The van der Waals surface area contributed by atoms with E-state index >= 15 is 0 Å². The summed E-state index contributed by atoms with van der Waals surface area (Å²) in [5, 5.41) is 21.0. The largest absolute Gasteiger partial charge is 0.481 e. The van der Waals surface area contributed by atoms with E-state index in [0.29, 0.717) is 12.1 Å². The minimum absolute atomic E-state index is 0.0112. The quantitative estimate of drug-likeness (QED) is 0.278. The van der Waals surface area contributed by atoms with Gasteiger partial charge in [-0.05, 0) is 41.8 Å². The van der Waals surface area contributed by atoms with Crippen LogP contribution in [0.5, 0.6) is 0 Å². The summed E-state index contributed by atoms with van der Waals surface area (Å²) >= 11 is 1.74. The van der Waals surface area contributed by atoms with Gasteiger partial charge in [-0.25, -0.2) is 0 Å². The van der Waals surface area contributed by atoms with E-state index < -0.39 is 12.3 Å². The summed E-state index contributed by atoms with van der Waals surface area (Å²) in [5.74, 6) is -0.389. The van der Waals surface area contributed by atoms with Crippen molar-refractivity contribution >= 4 is 29.3 Å². The number of nitrogens with one attached hydrogen (secondary N) is 1. The number of ether oxygens (including phenoxy) is 2. The highest BCUT2D eigenvalue weighted by Gasteiger charge is 2.32. The highest BCUT2D eigenvalue weighted by atomic mass is 32.2. The fraction of sp³-hybridized carbons (Fsp3) is 0.310. The van der Waals surface area contributed by atoms with Crippen molar-refractivity contribution in [1.82, 2.24) is 0 Å². The van der Waals surface area contributed by atoms with Crippen LogP contribution in [0.3, 0.4) is 0 Å². The molecular weight excluding hydrogens is 490 g/mol. The lowest BCUT2D eigenvalue weighted by Crippen LogP contribution is -2.31. The molecule has 1 heterocycles. The minimum Gasteiger partial charge on any atom is -0.481 e. The maximum atomic E-state index is 12.3. The number of rotatable bonds is 11. The summed E-state index contributed by atoms with van der Waals surface area (Å²) < 4.78 is 12.8. The number of aliphatic hydroxyl groups is 1. The molecule has 3 aromatic carbocycles. The van der Waals surface area contributed by atoms with Crippen LogP contribution in [-0.2, 0) is 25.7 Å². The highest BCUT2D eigenvalue weighted by Crippen LogP contribution is 2.39. The number of anilines is 1. The average Bonchev–Trinajstić information content (AvgIpc) is 2.92. The first-order valence-corrected chi connectivity index (χ1v) is 13.3. The van der Waals surface area contributed by atoms with E-state index in [0.717, 1.165) is 22.4 Å². The first kappa shape index (κ1) is 26.9. The molecule has 3 aromatic rings. The van der Waals surface area contributed by atoms with Crippen molar-refractivity contribution in [2.24, 2.45) is 0 Å². The van der Waals surface area contributed by atoms with Gasteiger partial charge in [0.1, 0.15) is 0 Å². The van der Waals surface area contributed by atoms with Gasteiger partial charge in [0.2, 0.25) is 5.91 Å². The van der Waals surface area contributed by atoms with Crippen molar-refractivity contribution in [2.75, 3.05) is 11.1 Å². The zero-order chi connectivity index (χ0) is 26.0. The topological polar surface area (TPSA) is 105 Å². The van der Waals surface area contributed by atoms with E-state index in [-0.39, 0.29) is 44.0 Å². The molecule has 1 fully saturated rings. The van der Waals surface area contributed by atoms with Gasteiger partial charge in [-0.2, -0.15) is 0 Å². The maximum Gasteiger partial charge on any atom is 0.303 e. The number of aliphatic hydroxyl groups excluding tert-OH is 1. The van der Waals surface area contributed by atoms with Crippen molar-refractivity contribution in [3.8, 4) is 0 Å². The summed E-state index contributed by atoms with van der Waals surface area (Å²) in [6, 6.07) is 25.3. The molecular formula is C29H31NO6S. The van der Waals surface area contributed by atoms with Crippen molar-refractivity contribution in [3.63, 3.8) is 0 Å². The number of thioether (sulfide) groups is 1. The molecule has 0 radical (unpaired) electrons. The summed E-state index contributed by atoms with van der Waals surface area (Å²) in [6.45, 7) is -0.0112. The SMILES string of the molecule is O=C(O)CCCC(=O)Nc1cccc([C@@H]2O[C@H](CSc3ccccc3)C[C@H](c3ccc(CO)cc3)O2)c1. The Morgan fingerprint density at radius 2 is 1.70 bits per heavy atom. The standard InChI is InChI=1S/C29H31NO6S/c31-18-20-12-14-21(15-13-20)26-17-24(19-37-25-8-2-1-3-9-25)35-29(36-26)22-6-4-7-23(16-22)30-27(32)10-5-11-28(33)34/h1-4,6-9,12-16,24,26,29,31H,5,10-11,17-19H2,(H,30,32)(H,33,34)/t24-,26+,29+/m0/s1. The molecule has 3 N–H and O–H groups in total. The number of benzene rings is 3. The van der Waals surface area contributed by atoms with Gasteiger partial charge >= 0.3 is 5.97 Å². The Labute approximate surface area is 220 Å². The molecule has 8 heteroatoms. The van der Waals surface area contributed by atoms with E-state index in [1.165, 1.54) is 4.90 Å². The van der Waals surface area contributed by atoms with Crippen LogP contribution >= 0.6 is 11.8 Å². The van der Waals surface area contributed by atoms with E-state index in [1.54, 1.807) is 17.8 Å². The Kier molecular flexibility index (Phi) is 9.73. The number of carbonyl (C=O) groups is 2.